The van der Waals surface area contributed by atoms with Crippen molar-refractivity contribution in [3.8, 4) is 0 Å². The monoisotopic (exact) mass is 248 g/mol. The molecule has 0 atom stereocenters. The minimum absolute atomic E-state index is 0.100. The maximum atomic E-state index is 12.3. The van der Waals surface area contributed by atoms with Crippen LogP contribution in [0.2, 0.25) is 0 Å². The molecule has 4 N–H and O–H groups in total. The number of carbonyl (C=O) groups excluding carboxylic acids is 1. The molecule has 5 heteroatoms. The van der Waals surface area contributed by atoms with Crippen molar-refractivity contribution in [1.82, 2.24) is 10.3 Å². The summed E-state index contributed by atoms with van der Waals surface area (Å²) in [6, 6.07) is 1.69. The van der Waals surface area contributed by atoms with Crippen molar-refractivity contribution < 1.29 is 4.79 Å². The number of nitrogens with two attached hydrogens (primary N) is 1. The van der Waals surface area contributed by atoms with E-state index >= 15 is 0 Å². The zero-order chi connectivity index (χ0) is 13.0. The number of nitrogens with one attached hydrogen (secondary N) is 2. The van der Waals surface area contributed by atoms with Gasteiger partial charge in [-0.1, -0.05) is 19.3 Å². The lowest BCUT2D eigenvalue weighted by Crippen LogP contribution is -2.47. The lowest BCUT2D eigenvalue weighted by Gasteiger charge is -2.34. The molecule has 98 valence electrons. The number of pyridine rings is 1. The van der Waals surface area contributed by atoms with Crippen molar-refractivity contribution >= 4 is 11.6 Å². The molecule has 0 bridgehead atoms. The average Bonchev–Trinajstić information content (AvgIpc) is 2.39. The van der Waals surface area contributed by atoms with Crippen LogP contribution >= 0.6 is 0 Å². The fourth-order valence-electron chi connectivity index (χ4n) is 2.50. The molecule has 0 unspecified atom stereocenters. The molecule has 0 saturated heterocycles. The lowest BCUT2D eigenvalue weighted by molar-refractivity contribution is 0.0883. The summed E-state index contributed by atoms with van der Waals surface area (Å²) in [4.78, 5) is 16.2. The molecule has 0 spiro atoms. The smallest absolute Gasteiger partial charge is 0.255 e. The summed E-state index contributed by atoms with van der Waals surface area (Å²) in [6.07, 6.45) is 8.81. The Bertz CT molecular complexity index is 427. The largest absolute Gasteiger partial charge is 0.347 e. The van der Waals surface area contributed by atoms with Crippen LogP contribution in [0.3, 0.4) is 0 Å². The molecule has 18 heavy (non-hydrogen) atoms. The van der Waals surface area contributed by atoms with Gasteiger partial charge in [-0.3, -0.25) is 15.6 Å². The molecule has 1 aliphatic carbocycles. The summed E-state index contributed by atoms with van der Waals surface area (Å²) in [5.74, 6) is 5.29. The molecule has 5 nitrogen and oxygen atoms in total. The summed E-state index contributed by atoms with van der Waals surface area (Å²) < 4.78 is 0. The maximum Gasteiger partial charge on any atom is 0.255 e. The van der Waals surface area contributed by atoms with Crippen LogP contribution in [-0.2, 0) is 0 Å². The number of aromatic nitrogens is 1. The predicted molar refractivity (Wildman–Crippen MR) is 71.0 cm³/mol. The van der Waals surface area contributed by atoms with E-state index in [2.05, 4.69) is 22.7 Å². The van der Waals surface area contributed by atoms with E-state index < -0.39 is 0 Å². The van der Waals surface area contributed by atoms with E-state index in [9.17, 15) is 4.79 Å². The number of nitrogens with zero attached hydrogens (tertiary/aromatic N) is 1. The molecular formula is C13H20N4O. The minimum atomic E-state index is -0.111. The first kappa shape index (κ1) is 12.8. The second kappa shape index (κ2) is 5.35. The standard InChI is InChI=1S/C13H20N4O/c1-13(6-3-2-4-7-13)16-12(18)10-9-15-8-5-11(10)17-14/h5,8-9H,2-4,6-7,14H2,1H3,(H,15,17)(H,16,18). The van der Waals surface area contributed by atoms with Crippen molar-refractivity contribution in [2.24, 2.45) is 5.84 Å². The molecule has 0 aromatic carbocycles. The van der Waals surface area contributed by atoms with Crippen LogP contribution in [0.25, 0.3) is 0 Å². The van der Waals surface area contributed by atoms with E-state index in [1.165, 1.54) is 25.5 Å². The van der Waals surface area contributed by atoms with Crippen LogP contribution in [0.4, 0.5) is 5.69 Å². The van der Waals surface area contributed by atoms with Crippen LogP contribution < -0.4 is 16.6 Å². The van der Waals surface area contributed by atoms with Gasteiger partial charge in [-0.25, -0.2) is 0 Å². The van der Waals surface area contributed by atoms with Gasteiger partial charge in [-0.05, 0) is 25.8 Å². The van der Waals surface area contributed by atoms with Crippen molar-refractivity contribution in [3.63, 3.8) is 0 Å². The summed E-state index contributed by atoms with van der Waals surface area (Å²) in [7, 11) is 0. The third-order valence-corrected chi connectivity index (χ3v) is 3.59. The second-order valence-corrected chi connectivity index (χ2v) is 5.14. The Balaban J connectivity index is 2.11. The number of rotatable bonds is 3. The van der Waals surface area contributed by atoms with E-state index in [0.29, 0.717) is 11.3 Å². The fourth-order valence-corrected chi connectivity index (χ4v) is 2.50. The summed E-state index contributed by atoms with van der Waals surface area (Å²) in [5.41, 5.74) is 3.52. The SMILES string of the molecule is CC1(NC(=O)c2cnccc2NN)CCCCC1. The third kappa shape index (κ3) is 2.79. The van der Waals surface area contributed by atoms with Gasteiger partial charge in [0.1, 0.15) is 0 Å². The van der Waals surface area contributed by atoms with Crippen LogP contribution in [-0.4, -0.2) is 16.4 Å². The Kier molecular flexibility index (Phi) is 3.81. The molecule has 0 aliphatic heterocycles. The van der Waals surface area contributed by atoms with Crippen LogP contribution in [0, 0.1) is 0 Å². The third-order valence-electron chi connectivity index (χ3n) is 3.59. The Morgan fingerprint density at radius 2 is 2.11 bits per heavy atom. The minimum Gasteiger partial charge on any atom is -0.347 e. The van der Waals surface area contributed by atoms with Gasteiger partial charge < -0.3 is 10.7 Å². The number of hydrogen-bond acceptors (Lipinski definition) is 4. The van der Waals surface area contributed by atoms with Crippen LogP contribution in [0.5, 0.6) is 0 Å². The summed E-state index contributed by atoms with van der Waals surface area (Å²) in [6.45, 7) is 2.11. The van der Waals surface area contributed by atoms with Gasteiger partial charge in [-0.2, -0.15) is 0 Å². The highest BCUT2D eigenvalue weighted by molar-refractivity contribution is 5.99. The van der Waals surface area contributed by atoms with Crippen LogP contribution in [0.15, 0.2) is 18.5 Å². The highest BCUT2D eigenvalue weighted by atomic mass is 16.1. The molecule has 0 radical (unpaired) electrons. The lowest BCUT2D eigenvalue weighted by atomic mass is 9.83. The zero-order valence-electron chi connectivity index (χ0n) is 10.7. The first-order valence-electron chi connectivity index (χ1n) is 6.38. The van der Waals surface area contributed by atoms with Crippen molar-refractivity contribution in [2.75, 3.05) is 5.43 Å². The average molecular weight is 248 g/mol. The Morgan fingerprint density at radius 3 is 2.78 bits per heavy atom. The molecule has 1 fully saturated rings. The number of hydrazine groups is 1. The normalized spacial score (nSPS) is 18.1. The Morgan fingerprint density at radius 1 is 1.39 bits per heavy atom. The molecule has 1 amide bonds. The van der Waals surface area contributed by atoms with E-state index in [1.54, 1.807) is 12.3 Å². The Hall–Kier alpha value is -1.62. The van der Waals surface area contributed by atoms with Crippen molar-refractivity contribution in [3.05, 3.63) is 24.0 Å². The van der Waals surface area contributed by atoms with Gasteiger partial charge in [0, 0.05) is 17.9 Å². The number of anilines is 1. The zero-order valence-corrected chi connectivity index (χ0v) is 10.7. The van der Waals surface area contributed by atoms with Gasteiger partial charge in [0.15, 0.2) is 0 Å². The first-order chi connectivity index (χ1) is 8.64. The maximum absolute atomic E-state index is 12.3. The highest BCUT2D eigenvalue weighted by Gasteiger charge is 2.29. The number of carbonyl (C=O) groups is 1. The van der Waals surface area contributed by atoms with E-state index in [1.807, 2.05) is 0 Å². The summed E-state index contributed by atoms with van der Waals surface area (Å²) >= 11 is 0. The van der Waals surface area contributed by atoms with Crippen LogP contribution in [0.1, 0.15) is 49.4 Å². The van der Waals surface area contributed by atoms with Gasteiger partial charge in [-0.15, -0.1) is 0 Å². The van der Waals surface area contributed by atoms with Gasteiger partial charge in [0.2, 0.25) is 0 Å². The van der Waals surface area contributed by atoms with Gasteiger partial charge in [0.25, 0.3) is 5.91 Å². The van der Waals surface area contributed by atoms with Gasteiger partial charge in [0.05, 0.1) is 11.3 Å². The molecule has 1 aromatic heterocycles. The topological polar surface area (TPSA) is 80.0 Å². The second-order valence-electron chi connectivity index (χ2n) is 5.14. The number of hydrogen-bond donors (Lipinski definition) is 3. The molecule has 1 saturated carbocycles. The summed E-state index contributed by atoms with van der Waals surface area (Å²) in [5, 5.41) is 3.11. The first-order valence-corrected chi connectivity index (χ1v) is 6.38. The number of amides is 1. The molecule has 1 aromatic rings. The molecular weight excluding hydrogens is 228 g/mol. The van der Waals surface area contributed by atoms with Crippen molar-refractivity contribution in [1.29, 1.82) is 0 Å². The van der Waals surface area contributed by atoms with Gasteiger partial charge >= 0.3 is 0 Å². The molecule has 1 heterocycles. The van der Waals surface area contributed by atoms with Crippen molar-refractivity contribution in [2.45, 2.75) is 44.6 Å². The highest BCUT2D eigenvalue weighted by Crippen LogP contribution is 2.28. The molecule has 1 aliphatic rings. The number of nitrogen functional groups attached to an aromatic ring is 1. The van der Waals surface area contributed by atoms with E-state index in [4.69, 9.17) is 5.84 Å². The Labute approximate surface area is 107 Å². The van der Waals surface area contributed by atoms with E-state index in [0.717, 1.165) is 12.8 Å². The quantitative estimate of drug-likeness (QED) is 0.563. The van der Waals surface area contributed by atoms with E-state index in [-0.39, 0.29) is 11.4 Å². The molecule has 2 rings (SSSR count). The fraction of sp³-hybridized carbons (Fsp3) is 0.538. The predicted octanol–water partition coefficient (Wildman–Crippen LogP) is 1.82.